The fourth-order valence-corrected chi connectivity index (χ4v) is 2.05. The summed E-state index contributed by atoms with van der Waals surface area (Å²) in [7, 11) is 1.69. The SMILES string of the molecule is CNC(=O)CCC1CCCC(N)C1. The Labute approximate surface area is 80.1 Å². The first kappa shape index (κ1) is 10.5. The Morgan fingerprint density at radius 2 is 2.31 bits per heavy atom. The highest BCUT2D eigenvalue weighted by Gasteiger charge is 2.19. The van der Waals surface area contributed by atoms with Crippen molar-refractivity contribution in [2.75, 3.05) is 7.05 Å². The summed E-state index contributed by atoms with van der Waals surface area (Å²) in [5, 5.41) is 2.65. The van der Waals surface area contributed by atoms with Gasteiger partial charge in [0.2, 0.25) is 5.91 Å². The molecule has 1 saturated carbocycles. The van der Waals surface area contributed by atoms with Gasteiger partial charge in [-0.3, -0.25) is 4.79 Å². The quantitative estimate of drug-likeness (QED) is 0.688. The summed E-state index contributed by atoms with van der Waals surface area (Å²) in [4.78, 5) is 11.0. The van der Waals surface area contributed by atoms with E-state index in [1.54, 1.807) is 7.05 Å². The zero-order valence-corrected chi connectivity index (χ0v) is 8.38. The summed E-state index contributed by atoms with van der Waals surface area (Å²) < 4.78 is 0. The largest absolute Gasteiger partial charge is 0.359 e. The highest BCUT2D eigenvalue weighted by Crippen LogP contribution is 2.26. The summed E-state index contributed by atoms with van der Waals surface area (Å²) in [6, 6.07) is 0.378. The first-order chi connectivity index (χ1) is 6.22. The third-order valence-electron chi connectivity index (χ3n) is 2.88. The van der Waals surface area contributed by atoms with E-state index in [1.807, 2.05) is 0 Å². The van der Waals surface area contributed by atoms with E-state index in [1.165, 1.54) is 12.8 Å². The second kappa shape index (κ2) is 5.22. The van der Waals surface area contributed by atoms with Crippen molar-refractivity contribution in [1.29, 1.82) is 0 Å². The normalized spacial score (nSPS) is 28.5. The standard InChI is InChI=1S/C10H20N2O/c1-12-10(13)6-5-8-3-2-4-9(11)7-8/h8-9H,2-7,11H2,1H3,(H,12,13). The van der Waals surface area contributed by atoms with E-state index in [-0.39, 0.29) is 5.91 Å². The molecule has 1 aliphatic rings. The Bertz CT molecular complexity index is 170. The Morgan fingerprint density at radius 1 is 1.54 bits per heavy atom. The van der Waals surface area contributed by atoms with Gasteiger partial charge in [-0.2, -0.15) is 0 Å². The van der Waals surface area contributed by atoms with Crippen molar-refractivity contribution in [3.8, 4) is 0 Å². The van der Waals surface area contributed by atoms with Crippen LogP contribution in [0, 0.1) is 5.92 Å². The van der Waals surface area contributed by atoms with Crippen LogP contribution in [0.5, 0.6) is 0 Å². The van der Waals surface area contributed by atoms with Crippen molar-refractivity contribution in [2.45, 2.75) is 44.6 Å². The van der Waals surface area contributed by atoms with E-state index in [4.69, 9.17) is 5.73 Å². The molecule has 1 rings (SSSR count). The molecule has 0 aromatic carbocycles. The van der Waals surface area contributed by atoms with Gasteiger partial charge in [0.25, 0.3) is 0 Å². The van der Waals surface area contributed by atoms with Crippen molar-refractivity contribution in [3.05, 3.63) is 0 Å². The lowest BCUT2D eigenvalue weighted by Crippen LogP contribution is -2.28. The van der Waals surface area contributed by atoms with Gasteiger partial charge in [-0.15, -0.1) is 0 Å². The molecule has 2 unspecified atom stereocenters. The number of amides is 1. The van der Waals surface area contributed by atoms with Gasteiger partial charge in [0, 0.05) is 19.5 Å². The van der Waals surface area contributed by atoms with Crippen LogP contribution in [0.3, 0.4) is 0 Å². The first-order valence-corrected chi connectivity index (χ1v) is 5.18. The number of rotatable bonds is 3. The van der Waals surface area contributed by atoms with Gasteiger partial charge < -0.3 is 11.1 Å². The Morgan fingerprint density at radius 3 is 2.92 bits per heavy atom. The molecule has 0 heterocycles. The van der Waals surface area contributed by atoms with Crippen LogP contribution in [0.25, 0.3) is 0 Å². The van der Waals surface area contributed by atoms with Gasteiger partial charge in [-0.1, -0.05) is 12.8 Å². The lowest BCUT2D eigenvalue weighted by atomic mass is 9.83. The van der Waals surface area contributed by atoms with Crippen molar-refractivity contribution in [1.82, 2.24) is 5.32 Å². The van der Waals surface area contributed by atoms with Crippen LogP contribution in [-0.4, -0.2) is 19.0 Å². The molecule has 3 heteroatoms. The van der Waals surface area contributed by atoms with Crippen LogP contribution < -0.4 is 11.1 Å². The van der Waals surface area contributed by atoms with Crippen molar-refractivity contribution < 1.29 is 4.79 Å². The van der Waals surface area contributed by atoms with Gasteiger partial charge in [0.1, 0.15) is 0 Å². The Kier molecular flexibility index (Phi) is 4.22. The third-order valence-corrected chi connectivity index (χ3v) is 2.88. The average molecular weight is 184 g/mol. The topological polar surface area (TPSA) is 55.1 Å². The summed E-state index contributed by atoms with van der Waals surface area (Å²) >= 11 is 0. The van der Waals surface area contributed by atoms with Gasteiger partial charge in [0.05, 0.1) is 0 Å². The highest BCUT2D eigenvalue weighted by molar-refractivity contribution is 5.75. The zero-order chi connectivity index (χ0) is 9.68. The number of carbonyl (C=O) groups is 1. The van der Waals surface area contributed by atoms with E-state index in [0.717, 1.165) is 19.3 Å². The molecule has 13 heavy (non-hydrogen) atoms. The number of nitrogens with two attached hydrogens (primary N) is 1. The second-order valence-corrected chi connectivity index (χ2v) is 4.00. The second-order valence-electron chi connectivity index (χ2n) is 4.00. The van der Waals surface area contributed by atoms with Crippen molar-refractivity contribution in [3.63, 3.8) is 0 Å². The van der Waals surface area contributed by atoms with Crippen molar-refractivity contribution >= 4 is 5.91 Å². The molecule has 0 radical (unpaired) electrons. The maximum atomic E-state index is 11.0. The molecule has 0 aromatic rings. The highest BCUT2D eigenvalue weighted by atomic mass is 16.1. The summed E-state index contributed by atoms with van der Waals surface area (Å²) in [5.41, 5.74) is 5.86. The molecular weight excluding hydrogens is 164 g/mol. The first-order valence-electron chi connectivity index (χ1n) is 5.18. The third kappa shape index (κ3) is 3.77. The van der Waals surface area contributed by atoms with Crippen LogP contribution in [0.1, 0.15) is 38.5 Å². The van der Waals surface area contributed by atoms with Gasteiger partial charge in [-0.25, -0.2) is 0 Å². The van der Waals surface area contributed by atoms with E-state index in [2.05, 4.69) is 5.32 Å². The molecule has 76 valence electrons. The monoisotopic (exact) mass is 184 g/mol. The minimum absolute atomic E-state index is 0.152. The lowest BCUT2D eigenvalue weighted by Gasteiger charge is -2.26. The maximum absolute atomic E-state index is 11.0. The van der Waals surface area contributed by atoms with Crippen LogP contribution in [0.4, 0.5) is 0 Å². The number of carbonyl (C=O) groups excluding carboxylic acids is 1. The molecule has 0 aromatic heterocycles. The molecule has 0 aliphatic heterocycles. The number of nitrogens with one attached hydrogen (secondary N) is 1. The fourth-order valence-electron chi connectivity index (χ4n) is 2.05. The van der Waals surface area contributed by atoms with Crippen LogP contribution in [0.2, 0.25) is 0 Å². The molecule has 1 fully saturated rings. The predicted octanol–water partition coefficient (Wildman–Crippen LogP) is 1.03. The Balaban J connectivity index is 2.17. The molecule has 0 bridgehead atoms. The number of hydrogen-bond acceptors (Lipinski definition) is 2. The Hall–Kier alpha value is -0.570. The molecular formula is C10H20N2O. The van der Waals surface area contributed by atoms with E-state index in [9.17, 15) is 4.79 Å². The van der Waals surface area contributed by atoms with Crippen LogP contribution >= 0.6 is 0 Å². The molecule has 1 amide bonds. The fraction of sp³-hybridized carbons (Fsp3) is 0.900. The van der Waals surface area contributed by atoms with E-state index in [0.29, 0.717) is 18.4 Å². The molecule has 3 N–H and O–H groups in total. The van der Waals surface area contributed by atoms with Gasteiger partial charge in [-0.05, 0) is 25.2 Å². The van der Waals surface area contributed by atoms with E-state index >= 15 is 0 Å². The molecule has 0 spiro atoms. The molecule has 3 nitrogen and oxygen atoms in total. The summed E-state index contributed by atoms with van der Waals surface area (Å²) in [6.45, 7) is 0. The summed E-state index contributed by atoms with van der Waals surface area (Å²) in [5.74, 6) is 0.834. The average Bonchev–Trinajstić information content (AvgIpc) is 2.14. The van der Waals surface area contributed by atoms with Crippen LogP contribution in [-0.2, 0) is 4.79 Å². The minimum atomic E-state index is 0.152. The van der Waals surface area contributed by atoms with E-state index < -0.39 is 0 Å². The molecule has 1 aliphatic carbocycles. The lowest BCUT2D eigenvalue weighted by molar-refractivity contribution is -0.120. The van der Waals surface area contributed by atoms with Crippen molar-refractivity contribution in [2.24, 2.45) is 11.7 Å². The number of hydrogen-bond donors (Lipinski definition) is 2. The molecule has 0 saturated heterocycles. The van der Waals surface area contributed by atoms with Crippen LogP contribution in [0.15, 0.2) is 0 Å². The summed E-state index contributed by atoms with van der Waals surface area (Å²) in [6.07, 6.45) is 6.43. The molecule has 2 atom stereocenters. The smallest absolute Gasteiger partial charge is 0.219 e. The maximum Gasteiger partial charge on any atom is 0.219 e. The predicted molar refractivity (Wildman–Crippen MR) is 53.2 cm³/mol. The zero-order valence-electron chi connectivity index (χ0n) is 8.38. The minimum Gasteiger partial charge on any atom is -0.359 e. The van der Waals surface area contributed by atoms with Gasteiger partial charge in [0.15, 0.2) is 0 Å². The van der Waals surface area contributed by atoms with Gasteiger partial charge >= 0.3 is 0 Å².